The molecule has 1 unspecified atom stereocenters. The quantitative estimate of drug-likeness (QED) is 0.842. The van der Waals surface area contributed by atoms with Crippen molar-refractivity contribution in [3.8, 4) is 11.3 Å². The van der Waals surface area contributed by atoms with Crippen LogP contribution >= 0.6 is 11.3 Å². The molecule has 0 fully saturated rings. The number of aromatic nitrogens is 1. The third-order valence-corrected chi connectivity index (χ3v) is 4.62. The molecule has 0 aliphatic heterocycles. The van der Waals surface area contributed by atoms with Gasteiger partial charge in [-0.2, -0.15) is 0 Å². The highest BCUT2D eigenvalue weighted by Gasteiger charge is 2.15. The minimum atomic E-state index is 0.544. The van der Waals surface area contributed by atoms with Gasteiger partial charge in [-0.1, -0.05) is 51.1 Å². The Kier molecular flexibility index (Phi) is 5.11. The van der Waals surface area contributed by atoms with E-state index in [1.165, 1.54) is 15.4 Å². The van der Waals surface area contributed by atoms with E-state index >= 15 is 0 Å². The summed E-state index contributed by atoms with van der Waals surface area (Å²) < 4.78 is 0. The predicted molar refractivity (Wildman–Crippen MR) is 83.6 cm³/mol. The number of hydrogen-bond donors (Lipinski definition) is 1. The van der Waals surface area contributed by atoms with E-state index in [1.54, 1.807) is 0 Å². The van der Waals surface area contributed by atoms with E-state index in [0.717, 1.165) is 25.2 Å². The fourth-order valence-electron chi connectivity index (χ4n) is 1.94. The fourth-order valence-corrected chi connectivity index (χ4v) is 3.13. The molecule has 0 saturated carbocycles. The van der Waals surface area contributed by atoms with E-state index in [1.807, 2.05) is 11.3 Å². The normalized spacial score (nSPS) is 12.6. The highest BCUT2D eigenvalue weighted by Crippen LogP contribution is 2.32. The van der Waals surface area contributed by atoms with Crippen LogP contribution in [-0.4, -0.2) is 11.5 Å². The monoisotopic (exact) mass is 274 g/mol. The SMILES string of the molecule is CCNCc1sc(C(C)CC)nc1-c1ccccc1. The van der Waals surface area contributed by atoms with Crippen LogP contribution in [0.5, 0.6) is 0 Å². The van der Waals surface area contributed by atoms with Crippen LogP contribution in [0.3, 0.4) is 0 Å². The zero-order chi connectivity index (χ0) is 13.7. The Morgan fingerprint density at radius 1 is 1.21 bits per heavy atom. The van der Waals surface area contributed by atoms with Gasteiger partial charge in [-0.3, -0.25) is 0 Å². The van der Waals surface area contributed by atoms with Gasteiger partial charge in [-0.15, -0.1) is 11.3 Å². The van der Waals surface area contributed by atoms with Crippen molar-refractivity contribution in [3.63, 3.8) is 0 Å². The maximum Gasteiger partial charge on any atom is 0.0964 e. The van der Waals surface area contributed by atoms with Gasteiger partial charge >= 0.3 is 0 Å². The highest BCUT2D eigenvalue weighted by molar-refractivity contribution is 7.12. The fraction of sp³-hybridized carbons (Fsp3) is 0.438. The smallest absolute Gasteiger partial charge is 0.0964 e. The zero-order valence-electron chi connectivity index (χ0n) is 11.9. The first-order chi connectivity index (χ1) is 9.26. The molecule has 102 valence electrons. The van der Waals surface area contributed by atoms with Crippen LogP contribution in [0, 0.1) is 0 Å². The van der Waals surface area contributed by atoms with Crippen molar-refractivity contribution in [2.24, 2.45) is 0 Å². The lowest BCUT2D eigenvalue weighted by atomic mass is 10.1. The van der Waals surface area contributed by atoms with Crippen LogP contribution in [0.2, 0.25) is 0 Å². The molecule has 0 amide bonds. The Hall–Kier alpha value is -1.19. The van der Waals surface area contributed by atoms with Crippen molar-refractivity contribution in [2.45, 2.75) is 39.7 Å². The Morgan fingerprint density at radius 2 is 1.95 bits per heavy atom. The molecule has 1 N–H and O–H groups in total. The second-order valence-corrected chi connectivity index (χ2v) is 5.89. The molecule has 0 bridgehead atoms. The average Bonchev–Trinajstić information content (AvgIpc) is 2.89. The molecule has 0 aliphatic rings. The lowest BCUT2D eigenvalue weighted by molar-refractivity contribution is 0.726. The van der Waals surface area contributed by atoms with Crippen molar-refractivity contribution in [2.75, 3.05) is 6.54 Å². The summed E-state index contributed by atoms with van der Waals surface area (Å²) in [6.07, 6.45) is 1.14. The molecular formula is C16H22N2S. The summed E-state index contributed by atoms with van der Waals surface area (Å²) in [6, 6.07) is 10.5. The van der Waals surface area contributed by atoms with Crippen molar-refractivity contribution in [3.05, 3.63) is 40.2 Å². The van der Waals surface area contributed by atoms with Crippen molar-refractivity contribution in [1.29, 1.82) is 0 Å². The van der Waals surface area contributed by atoms with Crippen molar-refractivity contribution >= 4 is 11.3 Å². The molecule has 19 heavy (non-hydrogen) atoms. The van der Waals surface area contributed by atoms with Gasteiger partial charge in [0.25, 0.3) is 0 Å². The van der Waals surface area contributed by atoms with Crippen LogP contribution in [0.25, 0.3) is 11.3 Å². The Morgan fingerprint density at radius 3 is 2.58 bits per heavy atom. The van der Waals surface area contributed by atoms with Gasteiger partial charge in [0.2, 0.25) is 0 Å². The number of nitrogens with zero attached hydrogens (tertiary/aromatic N) is 1. The van der Waals surface area contributed by atoms with Gasteiger partial charge in [0, 0.05) is 22.9 Å². The summed E-state index contributed by atoms with van der Waals surface area (Å²) >= 11 is 1.85. The summed E-state index contributed by atoms with van der Waals surface area (Å²) in [7, 11) is 0. The van der Waals surface area contributed by atoms with E-state index < -0.39 is 0 Å². The first kappa shape index (κ1) is 14.2. The van der Waals surface area contributed by atoms with Crippen LogP contribution in [0.1, 0.15) is 43.0 Å². The largest absolute Gasteiger partial charge is 0.312 e. The lowest BCUT2D eigenvalue weighted by Crippen LogP contribution is -2.11. The average molecular weight is 274 g/mol. The molecule has 1 heterocycles. The Bertz CT molecular complexity index is 505. The van der Waals surface area contributed by atoms with E-state index in [-0.39, 0.29) is 0 Å². The third-order valence-electron chi connectivity index (χ3n) is 3.33. The summed E-state index contributed by atoms with van der Waals surface area (Å²) in [5, 5.41) is 4.67. The molecule has 2 aromatic rings. The second kappa shape index (κ2) is 6.83. The maximum atomic E-state index is 4.88. The van der Waals surface area contributed by atoms with Crippen molar-refractivity contribution < 1.29 is 0 Å². The van der Waals surface area contributed by atoms with E-state index in [2.05, 4.69) is 56.4 Å². The molecule has 1 atom stereocenters. The van der Waals surface area contributed by atoms with Crippen LogP contribution < -0.4 is 5.32 Å². The standard InChI is InChI=1S/C16H22N2S/c1-4-12(3)16-18-15(13-9-7-6-8-10-13)14(19-16)11-17-5-2/h6-10,12,17H,4-5,11H2,1-3H3. The Labute approximate surface area is 119 Å². The van der Waals surface area contributed by atoms with Crippen LogP contribution in [0.15, 0.2) is 30.3 Å². The topological polar surface area (TPSA) is 24.9 Å². The lowest BCUT2D eigenvalue weighted by Gasteiger charge is -2.02. The number of thiazole rings is 1. The molecule has 2 rings (SSSR count). The number of rotatable bonds is 6. The summed E-state index contributed by atoms with van der Waals surface area (Å²) in [5.74, 6) is 0.544. The summed E-state index contributed by atoms with van der Waals surface area (Å²) in [5.41, 5.74) is 2.38. The van der Waals surface area contributed by atoms with Gasteiger partial charge in [0.1, 0.15) is 0 Å². The molecule has 0 saturated heterocycles. The minimum Gasteiger partial charge on any atom is -0.312 e. The van der Waals surface area contributed by atoms with Crippen LogP contribution in [0.4, 0.5) is 0 Å². The maximum absolute atomic E-state index is 4.88. The molecule has 0 aliphatic carbocycles. The molecule has 1 aromatic heterocycles. The van der Waals surface area contributed by atoms with E-state index in [4.69, 9.17) is 4.98 Å². The molecule has 1 aromatic carbocycles. The van der Waals surface area contributed by atoms with Gasteiger partial charge in [-0.25, -0.2) is 4.98 Å². The number of hydrogen-bond acceptors (Lipinski definition) is 3. The van der Waals surface area contributed by atoms with Gasteiger partial charge in [0.05, 0.1) is 10.7 Å². The van der Waals surface area contributed by atoms with E-state index in [0.29, 0.717) is 5.92 Å². The first-order valence-corrected chi connectivity index (χ1v) is 7.83. The molecular weight excluding hydrogens is 252 g/mol. The predicted octanol–water partition coefficient (Wildman–Crippen LogP) is 4.43. The number of benzene rings is 1. The molecule has 0 radical (unpaired) electrons. The zero-order valence-corrected chi connectivity index (χ0v) is 12.8. The molecule has 3 heteroatoms. The number of nitrogens with one attached hydrogen (secondary N) is 1. The Balaban J connectivity index is 2.36. The highest BCUT2D eigenvalue weighted by atomic mass is 32.1. The van der Waals surface area contributed by atoms with Gasteiger partial charge in [-0.05, 0) is 13.0 Å². The molecule has 0 spiro atoms. The van der Waals surface area contributed by atoms with Crippen LogP contribution in [-0.2, 0) is 6.54 Å². The van der Waals surface area contributed by atoms with Gasteiger partial charge < -0.3 is 5.32 Å². The first-order valence-electron chi connectivity index (χ1n) is 7.02. The minimum absolute atomic E-state index is 0.544. The van der Waals surface area contributed by atoms with Gasteiger partial charge in [0.15, 0.2) is 0 Å². The third kappa shape index (κ3) is 3.43. The second-order valence-electron chi connectivity index (χ2n) is 4.78. The summed E-state index contributed by atoms with van der Waals surface area (Å²) in [4.78, 5) is 6.23. The molecule has 2 nitrogen and oxygen atoms in total. The summed E-state index contributed by atoms with van der Waals surface area (Å²) in [6.45, 7) is 8.52. The van der Waals surface area contributed by atoms with E-state index in [9.17, 15) is 0 Å². The van der Waals surface area contributed by atoms with Crippen molar-refractivity contribution in [1.82, 2.24) is 10.3 Å².